The molecule has 4 N–H and O–H groups in total. The zero-order valence-electron chi connectivity index (χ0n) is 11.2. The number of nitrogens with one attached hydrogen (secondary N) is 2. The van der Waals surface area contributed by atoms with E-state index in [0.717, 1.165) is 5.56 Å². The summed E-state index contributed by atoms with van der Waals surface area (Å²) in [7, 11) is 0. The quantitative estimate of drug-likeness (QED) is 0.432. The molecule has 110 valence electrons. The molecule has 0 atom stereocenters. The average molecular weight is 290 g/mol. The molecule has 0 spiro atoms. The standard InChI is InChI=1S/C14H15FN4O2/c15-11-3-1-10(2-4-11)5-6-17-12-7-13(18-16)9-14(8-12)19(20)21/h1-4,7-9,17-18H,5-6,16H2. The van der Waals surface area contributed by atoms with Crippen LogP contribution in [-0.2, 0) is 6.42 Å². The normalized spacial score (nSPS) is 10.2. The van der Waals surface area contributed by atoms with E-state index in [1.54, 1.807) is 18.2 Å². The van der Waals surface area contributed by atoms with Crippen molar-refractivity contribution >= 4 is 17.1 Å². The SMILES string of the molecule is NNc1cc(NCCc2ccc(F)cc2)cc([N+](=O)[O-])c1. The molecule has 0 bridgehead atoms. The van der Waals surface area contributed by atoms with Crippen LogP contribution < -0.4 is 16.6 Å². The molecule has 0 unspecified atom stereocenters. The first-order valence-corrected chi connectivity index (χ1v) is 6.33. The summed E-state index contributed by atoms with van der Waals surface area (Å²) >= 11 is 0. The Hall–Kier alpha value is -2.67. The molecule has 21 heavy (non-hydrogen) atoms. The van der Waals surface area contributed by atoms with Gasteiger partial charge in [-0.2, -0.15) is 0 Å². The van der Waals surface area contributed by atoms with E-state index in [1.165, 1.54) is 24.3 Å². The first kappa shape index (κ1) is 14.7. The van der Waals surface area contributed by atoms with Crippen molar-refractivity contribution in [3.8, 4) is 0 Å². The van der Waals surface area contributed by atoms with E-state index in [4.69, 9.17) is 5.84 Å². The lowest BCUT2D eigenvalue weighted by Gasteiger charge is -2.08. The predicted molar refractivity (Wildman–Crippen MR) is 79.5 cm³/mol. The van der Waals surface area contributed by atoms with Crippen molar-refractivity contribution in [1.82, 2.24) is 0 Å². The first-order chi connectivity index (χ1) is 10.1. The number of non-ortho nitro benzene ring substituents is 1. The molecule has 0 aliphatic heterocycles. The summed E-state index contributed by atoms with van der Waals surface area (Å²) in [5.41, 5.74) is 4.37. The van der Waals surface area contributed by atoms with Crippen molar-refractivity contribution in [3.05, 3.63) is 64.0 Å². The summed E-state index contributed by atoms with van der Waals surface area (Å²) in [4.78, 5) is 10.3. The van der Waals surface area contributed by atoms with Crippen molar-refractivity contribution in [3.63, 3.8) is 0 Å². The van der Waals surface area contributed by atoms with E-state index < -0.39 is 4.92 Å². The maximum Gasteiger partial charge on any atom is 0.273 e. The number of hydrazine groups is 1. The van der Waals surface area contributed by atoms with Gasteiger partial charge < -0.3 is 10.7 Å². The van der Waals surface area contributed by atoms with Gasteiger partial charge in [-0.1, -0.05) is 12.1 Å². The van der Waals surface area contributed by atoms with E-state index in [0.29, 0.717) is 24.3 Å². The van der Waals surface area contributed by atoms with Gasteiger partial charge >= 0.3 is 0 Å². The number of nitro benzene ring substituents is 1. The van der Waals surface area contributed by atoms with Crippen LogP contribution in [0.4, 0.5) is 21.5 Å². The third kappa shape index (κ3) is 4.15. The van der Waals surface area contributed by atoms with E-state index >= 15 is 0 Å². The molecule has 0 saturated carbocycles. The fraction of sp³-hybridized carbons (Fsp3) is 0.143. The topological polar surface area (TPSA) is 93.2 Å². The first-order valence-electron chi connectivity index (χ1n) is 6.33. The highest BCUT2D eigenvalue weighted by Crippen LogP contribution is 2.23. The van der Waals surface area contributed by atoms with Crippen LogP contribution in [-0.4, -0.2) is 11.5 Å². The van der Waals surface area contributed by atoms with Crippen molar-refractivity contribution in [2.75, 3.05) is 17.3 Å². The highest BCUT2D eigenvalue weighted by Gasteiger charge is 2.09. The number of hydrogen-bond acceptors (Lipinski definition) is 5. The fourth-order valence-electron chi connectivity index (χ4n) is 1.90. The lowest BCUT2D eigenvalue weighted by atomic mass is 10.1. The van der Waals surface area contributed by atoms with Gasteiger partial charge in [0.05, 0.1) is 10.6 Å². The molecule has 0 aliphatic rings. The molecule has 2 aromatic carbocycles. The van der Waals surface area contributed by atoms with Gasteiger partial charge in [-0.15, -0.1) is 0 Å². The average Bonchev–Trinajstić information content (AvgIpc) is 2.49. The Balaban J connectivity index is 2.00. The maximum absolute atomic E-state index is 12.8. The van der Waals surface area contributed by atoms with Crippen LogP contribution >= 0.6 is 0 Å². The number of hydrogen-bond donors (Lipinski definition) is 3. The molecular weight excluding hydrogens is 275 g/mol. The molecular formula is C14H15FN4O2. The lowest BCUT2D eigenvalue weighted by molar-refractivity contribution is -0.384. The van der Waals surface area contributed by atoms with Gasteiger partial charge in [0.1, 0.15) is 5.82 Å². The van der Waals surface area contributed by atoms with E-state index in [1.807, 2.05) is 0 Å². The van der Waals surface area contributed by atoms with Gasteiger partial charge in [0.2, 0.25) is 0 Å². The van der Waals surface area contributed by atoms with Gasteiger partial charge in [0, 0.05) is 24.4 Å². The summed E-state index contributed by atoms with van der Waals surface area (Å²) in [6, 6.07) is 10.7. The maximum atomic E-state index is 12.8. The Morgan fingerprint density at radius 1 is 1.14 bits per heavy atom. The largest absolute Gasteiger partial charge is 0.384 e. The summed E-state index contributed by atoms with van der Waals surface area (Å²) < 4.78 is 12.8. The number of rotatable bonds is 6. The fourth-order valence-corrected chi connectivity index (χ4v) is 1.90. The van der Waals surface area contributed by atoms with Crippen LogP contribution in [0.15, 0.2) is 42.5 Å². The highest BCUT2D eigenvalue weighted by atomic mass is 19.1. The molecule has 2 aromatic rings. The van der Waals surface area contributed by atoms with Crippen molar-refractivity contribution < 1.29 is 9.31 Å². The second kappa shape index (κ2) is 6.67. The Kier molecular flexibility index (Phi) is 4.68. The van der Waals surface area contributed by atoms with Crippen molar-refractivity contribution in [1.29, 1.82) is 0 Å². The smallest absolute Gasteiger partial charge is 0.273 e. The number of halogens is 1. The predicted octanol–water partition coefficient (Wildman–Crippen LogP) is 2.67. The van der Waals surface area contributed by atoms with Crippen molar-refractivity contribution in [2.45, 2.75) is 6.42 Å². The number of nitrogens with zero attached hydrogens (tertiary/aromatic N) is 1. The Bertz CT molecular complexity index is 631. The van der Waals surface area contributed by atoms with E-state index in [9.17, 15) is 14.5 Å². The minimum Gasteiger partial charge on any atom is -0.384 e. The second-order valence-electron chi connectivity index (χ2n) is 4.47. The van der Waals surface area contributed by atoms with Gasteiger partial charge in [-0.05, 0) is 30.2 Å². The monoisotopic (exact) mass is 290 g/mol. The van der Waals surface area contributed by atoms with Gasteiger partial charge in [0.25, 0.3) is 5.69 Å². The minimum atomic E-state index is -0.480. The number of nitro groups is 1. The third-order valence-corrected chi connectivity index (χ3v) is 2.95. The lowest BCUT2D eigenvalue weighted by Crippen LogP contribution is -2.09. The molecule has 0 amide bonds. The second-order valence-corrected chi connectivity index (χ2v) is 4.47. The van der Waals surface area contributed by atoms with Gasteiger partial charge in [-0.3, -0.25) is 16.0 Å². The van der Waals surface area contributed by atoms with Crippen LogP contribution in [0.1, 0.15) is 5.56 Å². The number of nitrogen functional groups attached to an aromatic ring is 1. The number of anilines is 2. The van der Waals surface area contributed by atoms with Crippen LogP contribution in [0.3, 0.4) is 0 Å². The molecule has 0 aromatic heterocycles. The van der Waals surface area contributed by atoms with E-state index in [-0.39, 0.29) is 11.5 Å². The number of benzene rings is 2. The molecule has 0 heterocycles. The third-order valence-electron chi connectivity index (χ3n) is 2.95. The summed E-state index contributed by atoms with van der Waals surface area (Å²) in [6.45, 7) is 0.566. The highest BCUT2D eigenvalue weighted by molar-refractivity contribution is 5.63. The summed E-state index contributed by atoms with van der Waals surface area (Å²) in [5, 5.41) is 13.9. The molecule has 0 aliphatic carbocycles. The van der Waals surface area contributed by atoms with Crippen LogP contribution in [0.25, 0.3) is 0 Å². The zero-order chi connectivity index (χ0) is 15.2. The van der Waals surface area contributed by atoms with Crippen LogP contribution in [0.2, 0.25) is 0 Å². The minimum absolute atomic E-state index is 0.0465. The van der Waals surface area contributed by atoms with Gasteiger partial charge in [-0.25, -0.2) is 4.39 Å². The molecule has 0 saturated heterocycles. The molecule has 7 heteroatoms. The summed E-state index contributed by atoms with van der Waals surface area (Å²) in [5.74, 6) is 5.01. The summed E-state index contributed by atoms with van der Waals surface area (Å²) in [6.07, 6.45) is 0.675. The van der Waals surface area contributed by atoms with Gasteiger partial charge in [0.15, 0.2) is 0 Å². The molecule has 6 nitrogen and oxygen atoms in total. The van der Waals surface area contributed by atoms with Crippen LogP contribution in [0.5, 0.6) is 0 Å². The molecule has 2 rings (SSSR count). The Morgan fingerprint density at radius 2 is 1.81 bits per heavy atom. The van der Waals surface area contributed by atoms with E-state index in [2.05, 4.69) is 10.7 Å². The molecule has 0 fully saturated rings. The Labute approximate surface area is 120 Å². The van der Waals surface area contributed by atoms with Crippen molar-refractivity contribution in [2.24, 2.45) is 5.84 Å². The number of nitrogens with two attached hydrogens (primary N) is 1. The zero-order valence-corrected chi connectivity index (χ0v) is 11.2. The Morgan fingerprint density at radius 3 is 2.43 bits per heavy atom. The van der Waals surface area contributed by atoms with Crippen LogP contribution in [0, 0.1) is 15.9 Å². The molecule has 0 radical (unpaired) electrons.